The van der Waals surface area contributed by atoms with E-state index in [9.17, 15) is 0 Å². The second-order valence-corrected chi connectivity index (χ2v) is 6.31. The fraction of sp³-hybridized carbons (Fsp3) is 0.556. The van der Waals surface area contributed by atoms with Gasteiger partial charge in [0.15, 0.2) is 0 Å². The Balaban J connectivity index is 2.26. The number of thiophene rings is 1. The molecule has 13 heavy (non-hydrogen) atoms. The number of rotatable bonds is 5. The van der Waals surface area contributed by atoms with Gasteiger partial charge in [0.1, 0.15) is 0 Å². The predicted molar refractivity (Wildman–Crippen MR) is 66.7 cm³/mol. The Bertz CT molecular complexity index is 250. The maximum atomic E-state index is 3.47. The average molecular weight is 327 g/mol. The smallest absolute Gasteiger partial charge is 0.0701 e. The van der Waals surface area contributed by atoms with E-state index in [1.165, 1.54) is 15.1 Å². The SMILES string of the molecule is CC(CCBr)NCc1ccc(Br)s1. The molecule has 1 rings (SSSR count). The van der Waals surface area contributed by atoms with Crippen LogP contribution in [0.15, 0.2) is 15.9 Å². The third-order valence-electron chi connectivity index (χ3n) is 1.80. The van der Waals surface area contributed by atoms with Gasteiger partial charge in [0, 0.05) is 22.8 Å². The summed E-state index contributed by atoms with van der Waals surface area (Å²) in [5.41, 5.74) is 0. The van der Waals surface area contributed by atoms with Gasteiger partial charge in [-0.2, -0.15) is 0 Å². The topological polar surface area (TPSA) is 12.0 Å². The highest BCUT2D eigenvalue weighted by Crippen LogP contribution is 2.21. The number of nitrogens with one attached hydrogen (secondary N) is 1. The standard InChI is InChI=1S/C9H13Br2NS/c1-7(4-5-10)12-6-8-2-3-9(11)13-8/h2-3,7,12H,4-6H2,1H3. The molecule has 0 aliphatic heterocycles. The van der Waals surface area contributed by atoms with Gasteiger partial charge >= 0.3 is 0 Å². The lowest BCUT2D eigenvalue weighted by Gasteiger charge is -2.10. The molecule has 1 unspecified atom stereocenters. The van der Waals surface area contributed by atoms with E-state index in [1.54, 1.807) is 11.3 Å². The van der Waals surface area contributed by atoms with Crippen LogP contribution in [0.3, 0.4) is 0 Å². The molecule has 0 aliphatic rings. The Labute approximate surface area is 100 Å². The van der Waals surface area contributed by atoms with Crippen molar-refractivity contribution in [3.63, 3.8) is 0 Å². The van der Waals surface area contributed by atoms with Crippen molar-refractivity contribution in [1.82, 2.24) is 5.32 Å². The van der Waals surface area contributed by atoms with Gasteiger partial charge in [0.25, 0.3) is 0 Å². The van der Waals surface area contributed by atoms with Crippen LogP contribution in [0.1, 0.15) is 18.2 Å². The van der Waals surface area contributed by atoms with Gasteiger partial charge in [0.2, 0.25) is 0 Å². The largest absolute Gasteiger partial charge is 0.309 e. The van der Waals surface area contributed by atoms with E-state index >= 15 is 0 Å². The van der Waals surface area contributed by atoms with Crippen LogP contribution in [0, 0.1) is 0 Å². The molecular weight excluding hydrogens is 314 g/mol. The Morgan fingerprint density at radius 2 is 2.31 bits per heavy atom. The summed E-state index contributed by atoms with van der Waals surface area (Å²) in [5.74, 6) is 0. The molecule has 0 amide bonds. The lowest BCUT2D eigenvalue weighted by Crippen LogP contribution is -2.25. The summed E-state index contributed by atoms with van der Waals surface area (Å²) in [4.78, 5) is 1.38. The van der Waals surface area contributed by atoms with E-state index in [4.69, 9.17) is 0 Å². The highest BCUT2D eigenvalue weighted by Gasteiger charge is 2.01. The lowest BCUT2D eigenvalue weighted by molar-refractivity contribution is 0.542. The lowest BCUT2D eigenvalue weighted by atomic mass is 10.2. The van der Waals surface area contributed by atoms with Crippen LogP contribution < -0.4 is 5.32 Å². The monoisotopic (exact) mass is 325 g/mol. The maximum absolute atomic E-state index is 3.47. The van der Waals surface area contributed by atoms with Gasteiger partial charge in [-0.05, 0) is 41.4 Å². The molecule has 1 atom stereocenters. The maximum Gasteiger partial charge on any atom is 0.0701 e. The zero-order chi connectivity index (χ0) is 9.68. The van der Waals surface area contributed by atoms with Crippen molar-refractivity contribution in [2.24, 2.45) is 0 Å². The van der Waals surface area contributed by atoms with Crippen LogP contribution in [0.25, 0.3) is 0 Å². The Morgan fingerprint density at radius 3 is 2.85 bits per heavy atom. The zero-order valence-electron chi connectivity index (χ0n) is 7.52. The number of alkyl halides is 1. The highest BCUT2D eigenvalue weighted by molar-refractivity contribution is 9.11. The predicted octanol–water partition coefficient (Wildman–Crippen LogP) is 3.77. The van der Waals surface area contributed by atoms with Crippen molar-refractivity contribution >= 4 is 43.2 Å². The number of hydrogen-bond acceptors (Lipinski definition) is 2. The van der Waals surface area contributed by atoms with E-state index < -0.39 is 0 Å². The molecule has 1 aromatic rings. The molecule has 74 valence electrons. The van der Waals surface area contributed by atoms with Crippen LogP contribution >= 0.6 is 43.2 Å². The third kappa shape index (κ3) is 4.58. The van der Waals surface area contributed by atoms with Crippen LogP contribution in [0.4, 0.5) is 0 Å². The van der Waals surface area contributed by atoms with E-state index in [-0.39, 0.29) is 0 Å². The molecular formula is C9H13Br2NS. The molecule has 1 aromatic heterocycles. The first-order valence-electron chi connectivity index (χ1n) is 4.26. The van der Waals surface area contributed by atoms with E-state index in [0.29, 0.717) is 6.04 Å². The van der Waals surface area contributed by atoms with Gasteiger partial charge in [-0.1, -0.05) is 15.9 Å². The first-order chi connectivity index (χ1) is 6.22. The van der Waals surface area contributed by atoms with E-state index in [1.807, 2.05) is 0 Å². The number of hydrogen-bond donors (Lipinski definition) is 1. The fourth-order valence-corrected chi connectivity index (χ4v) is 3.11. The molecule has 1 nitrogen and oxygen atoms in total. The molecule has 0 radical (unpaired) electrons. The van der Waals surface area contributed by atoms with Crippen molar-refractivity contribution in [2.75, 3.05) is 5.33 Å². The van der Waals surface area contributed by atoms with Gasteiger partial charge in [-0.15, -0.1) is 11.3 Å². The minimum Gasteiger partial charge on any atom is -0.309 e. The quantitative estimate of drug-likeness (QED) is 0.812. The second-order valence-electron chi connectivity index (χ2n) is 2.97. The zero-order valence-corrected chi connectivity index (χ0v) is 11.5. The van der Waals surface area contributed by atoms with E-state index in [2.05, 4.69) is 56.2 Å². The molecule has 0 spiro atoms. The summed E-state index contributed by atoms with van der Waals surface area (Å²) < 4.78 is 1.21. The summed E-state index contributed by atoms with van der Waals surface area (Å²) in [6.07, 6.45) is 1.17. The fourth-order valence-electron chi connectivity index (χ4n) is 0.987. The molecule has 0 bridgehead atoms. The molecule has 0 saturated heterocycles. The van der Waals surface area contributed by atoms with Gasteiger partial charge < -0.3 is 5.32 Å². The van der Waals surface area contributed by atoms with Crippen molar-refractivity contribution in [3.05, 3.63) is 20.8 Å². The third-order valence-corrected chi connectivity index (χ3v) is 3.88. The molecule has 0 aliphatic carbocycles. The van der Waals surface area contributed by atoms with Gasteiger partial charge in [0.05, 0.1) is 3.79 Å². The molecule has 4 heteroatoms. The minimum absolute atomic E-state index is 0.584. The van der Waals surface area contributed by atoms with Crippen LogP contribution in [0.5, 0.6) is 0 Å². The first-order valence-corrected chi connectivity index (χ1v) is 6.99. The van der Waals surface area contributed by atoms with Crippen molar-refractivity contribution in [2.45, 2.75) is 25.9 Å². The second kappa shape index (κ2) is 6.17. The molecule has 0 saturated carbocycles. The summed E-state index contributed by atoms with van der Waals surface area (Å²) >= 11 is 8.68. The van der Waals surface area contributed by atoms with Gasteiger partial charge in [-0.25, -0.2) is 0 Å². The Hall–Kier alpha value is 0.620. The normalized spacial score (nSPS) is 13.2. The summed E-state index contributed by atoms with van der Waals surface area (Å²) in [6.45, 7) is 3.19. The molecule has 1 N–H and O–H groups in total. The average Bonchev–Trinajstić information content (AvgIpc) is 2.49. The molecule has 1 heterocycles. The highest BCUT2D eigenvalue weighted by atomic mass is 79.9. The molecule has 0 aromatic carbocycles. The van der Waals surface area contributed by atoms with Crippen molar-refractivity contribution in [1.29, 1.82) is 0 Å². The van der Waals surface area contributed by atoms with Crippen molar-refractivity contribution in [3.8, 4) is 0 Å². The number of halogens is 2. The Kier molecular flexibility index (Phi) is 5.55. The van der Waals surface area contributed by atoms with Crippen LogP contribution in [-0.2, 0) is 6.54 Å². The Morgan fingerprint density at radius 1 is 1.54 bits per heavy atom. The van der Waals surface area contributed by atoms with Crippen LogP contribution in [0.2, 0.25) is 0 Å². The van der Waals surface area contributed by atoms with E-state index in [0.717, 1.165) is 11.9 Å². The summed E-state index contributed by atoms with van der Waals surface area (Å²) in [7, 11) is 0. The first kappa shape index (κ1) is 11.7. The summed E-state index contributed by atoms with van der Waals surface area (Å²) in [6, 6.07) is 4.83. The molecule has 0 fully saturated rings. The summed E-state index contributed by atoms with van der Waals surface area (Å²) in [5, 5.41) is 4.54. The van der Waals surface area contributed by atoms with Crippen molar-refractivity contribution < 1.29 is 0 Å². The van der Waals surface area contributed by atoms with Crippen LogP contribution in [-0.4, -0.2) is 11.4 Å². The minimum atomic E-state index is 0.584. The van der Waals surface area contributed by atoms with Gasteiger partial charge in [-0.3, -0.25) is 0 Å².